The molecule has 0 aliphatic carbocycles. The van der Waals surface area contributed by atoms with Crippen LogP contribution >= 0.6 is 0 Å². The summed E-state index contributed by atoms with van der Waals surface area (Å²) in [5.41, 5.74) is 1.28. The maximum Gasteiger partial charge on any atom is 0.120 e. The van der Waals surface area contributed by atoms with Crippen molar-refractivity contribution in [2.24, 2.45) is 0 Å². The molecular weight excluding hydrogens is 236 g/mol. The molecule has 2 rings (SSSR count). The SMILES string of the molecule is CCCCCN1CCN(c2cccc(OC)c2)CC1. The fourth-order valence-corrected chi connectivity index (χ4v) is 2.62. The molecule has 3 heteroatoms. The van der Waals surface area contributed by atoms with E-state index < -0.39 is 0 Å². The summed E-state index contributed by atoms with van der Waals surface area (Å²) in [6.07, 6.45) is 4.01. The summed E-state index contributed by atoms with van der Waals surface area (Å²) in [6, 6.07) is 8.38. The Morgan fingerprint density at radius 2 is 1.89 bits per heavy atom. The number of unbranched alkanes of at least 4 members (excludes halogenated alkanes) is 2. The van der Waals surface area contributed by atoms with E-state index >= 15 is 0 Å². The third kappa shape index (κ3) is 4.13. The summed E-state index contributed by atoms with van der Waals surface area (Å²) in [5, 5.41) is 0. The molecule has 19 heavy (non-hydrogen) atoms. The van der Waals surface area contributed by atoms with Gasteiger partial charge in [-0.1, -0.05) is 25.8 Å². The van der Waals surface area contributed by atoms with Crippen LogP contribution in [0.15, 0.2) is 24.3 Å². The molecule has 3 nitrogen and oxygen atoms in total. The molecule has 1 aromatic carbocycles. The van der Waals surface area contributed by atoms with Gasteiger partial charge in [0.15, 0.2) is 0 Å². The zero-order valence-corrected chi connectivity index (χ0v) is 12.3. The number of anilines is 1. The maximum atomic E-state index is 5.30. The van der Waals surface area contributed by atoms with Gasteiger partial charge in [-0.25, -0.2) is 0 Å². The van der Waals surface area contributed by atoms with Gasteiger partial charge in [-0.05, 0) is 25.1 Å². The molecule has 0 radical (unpaired) electrons. The van der Waals surface area contributed by atoms with Crippen LogP contribution in [0.3, 0.4) is 0 Å². The molecule has 0 amide bonds. The van der Waals surface area contributed by atoms with E-state index in [4.69, 9.17) is 4.74 Å². The lowest BCUT2D eigenvalue weighted by atomic mass is 10.2. The lowest BCUT2D eigenvalue weighted by molar-refractivity contribution is 0.252. The lowest BCUT2D eigenvalue weighted by Gasteiger charge is -2.36. The molecule has 1 aliphatic heterocycles. The Kier molecular flexibility index (Phi) is 5.52. The number of ether oxygens (including phenoxy) is 1. The van der Waals surface area contributed by atoms with Gasteiger partial charge in [0.05, 0.1) is 7.11 Å². The van der Waals surface area contributed by atoms with Crippen molar-refractivity contribution in [2.75, 3.05) is 44.7 Å². The number of piperazine rings is 1. The van der Waals surface area contributed by atoms with Gasteiger partial charge in [0.25, 0.3) is 0 Å². The molecule has 0 unspecified atom stereocenters. The van der Waals surface area contributed by atoms with Gasteiger partial charge in [0, 0.05) is 37.9 Å². The van der Waals surface area contributed by atoms with Crippen LogP contribution in [0.5, 0.6) is 5.75 Å². The topological polar surface area (TPSA) is 15.7 Å². The van der Waals surface area contributed by atoms with Crippen molar-refractivity contribution in [2.45, 2.75) is 26.2 Å². The van der Waals surface area contributed by atoms with Gasteiger partial charge < -0.3 is 9.64 Å². The standard InChI is InChI=1S/C16H26N2O/c1-3-4-5-9-17-10-12-18(13-11-17)15-7-6-8-16(14-15)19-2/h6-8,14H,3-5,9-13H2,1-2H3. The van der Waals surface area contributed by atoms with Gasteiger partial charge in [0.2, 0.25) is 0 Å². The fraction of sp³-hybridized carbons (Fsp3) is 0.625. The van der Waals surface area contributed by atoms with Crippen LogP contribution in [0.2, 0.25) is 0 Å². The van der Waals surface area contributed by atoms with Crippen LogP contribution in [0.25, 0.3) is 0 Å². The summed E-state index contributed by atoms with van der Waals surface area (Å²) < 4.78 is 5.30. The van der Waals surface area contributed by atoms with Crippen LogP contribution in [0, 0.1) is 0 Å². The van der Waals surface area contributed by atoms with Gasteiger partial charge in [-0.3, -0.25) is 4.90 Å². The molecule has 0 N–H and O–H groups in total. The summed E-state index contributed by atoms with van der Waals surface area (Å²) in [6.45, 7) is 8.14. The van der Waals surface area contributed by atoms with E-state index in [-0.39, 0.29) is 0 Å². The van der Waals surface area contributed by atoms with Crippen molar-refractivity contribution in [1.29, 1.82) is 0 Å². The quantitative estimate of drug-likeness (QED) is 0.733. The molecule has 1 fully saturated rings. The van der Waals surface area contributed by atoms with Crippen molar-refractivity contribution in [3.63, 3.8) is 0 Å². The Bertz CT molecular complexity index is 373. The van der Waals surface area contributed by atoms with Gasteiger partial charge in [-0.15, -0.1) is 0 Å². The Hall–Kier alpha value is -1.22. The van der Waals surface area contributed by atoms with E-state index in [1.807, 2.05) is 6.07 Å². The molecule has 106 valence electrons. The number of benzene rings is 1. The molecular formula is C16H26N2O. The number of hydrogen-bond acceptors (Lipinski definition) is 3. The van der Waals surface area contributed by atoms with Crippen molar-refractivity contribution >= 4 is 5.69 Å². The Morgan fingerprint density at radius 3 is 2.58 bits per heavy atom. The fourth-order valence-electron chi connectivity index (χ4n) is 2.62. The lowest BCUT2D eigenvalue weighted by Crippen LogP contribution is -2.46. The van der Waals surface area contributed by atoms with Crippen LogP contribution in [-0.2, 0) is 0 Å². The predicted molar refractivity (Wildman–Crippen MR) is 81.2 cm³/mol. The van der Waals surface area contributed by atoms with Crippen molar-refractivity contribution in [3.05, 3.63) is 24.3 Å². The van der Waals surface area contributed by atoms with E-state index in [1.54, 1.807) is 7.11 Å². The molecule has 1 heterocycles. The summed E-state index contributed by atoms with van der Waals surface area (Å²) in [5.74, 6) is 0.947. The molecule has 0 spiro atoms. The Labute approximate surface area is 117 Å². The van der Waals surface area contributed by atoms with Crippen LogP contribution in [0.4, 0.5) is 5.69 Å². The normalized spacial score (nSPS) is 16.6. The van der Waals surface area contributed by atoms with Crippen molar-refractivity contribution < 1.29 is 4.74 Å². The third-order valence-corrected chi connectivity index (χ3v) is 3.87. The summed E-state index contributed by atoms with van der Waals surface area (Å²) >= 11 is 0. The zero-order valence-electron chi connectivity index (χ0n) is 12.3. The largest absolute Gasteiger partial charge is 0.497 e. The second-order valence-electron chi connectivity index (χ2n) is 5.24. The number of rotatable bonds is 6. The Morgan fingerprint density at radius 1 is 1.11 bits per heavy atom. The van der Waals surface area contributed by atoms with E-state index in [0.29, 0.717) is 0 Å². The van der Waals surface area contributed by atoms with Crippen molar-refractivity contribution in [1.82, 2.24) is 4.90 Å². The highest BCUT2D eigenvalue weighted by Gasteiger charge is 2.16. The predicted octanol–water partition coefficient (Wildman–Crippen LogP) is 3.01. The van der Waals surface area contributed by atoms with Crippen molar-refractivity contribution in [3.8, 4) is 5.75 Å². The number of hydrogen-bond donors (Lipinski definition) is 0. The van der Waals surface area contributed by atoms with Crippen LogP contribution in [0.1, 0.15) is 26.2 Å². The highest BCUT2D eigenvalue weighted by molar-refractivity contribution is 5.51. The first-order valence-electron chi connectivity index (χ1n) is 7.45. The summed E-state index contributed by atoms with van der Waals surface area (Å²) in [7, 11) is 1.73. The third-order valence-electron chi connectivity index (χ3n) is 3.87. The molecule has 1 saturated heterocycles. The molecule has 1 aromatic rings. The first-order valence-corrected chi connectivity index (χ1v) is 7.45. The highest BCUT2D eigenvalue weighted by atomic mass is 16.5. The first-order chi connectivity index (χ1) is 9.33. The summed E-state index contributed by atoms with van der Waals surface area (Å²) in [4.78, 5) is 5.05. The molecule has 1 aliphatic rings. The first kappa shape index (κ1) is 14.2. The van der Waals surface area contributed by atoms with Gasteiger partial charge in [-0.2, -0.15) is 0 Å². The number of nitrogens with zero attached hydrogens (tertiary/aromatic N) is 2. The zero-order chi connectivity index (χ0) is 13.5. The van der Waals surface area contributed by atoms with E-state index in [0.717, 1.165) is 18.8 Å². The average Bonchev–Trinajstić information content (AvgIpc) is 2.48. The smallest absolute Gasteiger partial charge is 0.120 e. The van der Waals surface area contributed by atoms with Crippen LogP contribution in [-0.4, -0.2) is 44.7 Å². The highest BCUT2D eigenvalue weighted by Crippen LogP contribution is 2.22. The molecule has 0 bridgehead atoms. The minimum atomic E-state index is 0.947. The number of methoxy groups -OCH3 is 1. The average molecular weight is 262 g/mol. The Balaban J connectivity index is 1.82. The molecule has 0 aromatic heterocycles. The van der Waals surface area contributed by atoms with E-state index in [9.17, 15) is 0 Å². The second kappa shape index (κ2) is 7.39. The van der Waals surface area contributed by atoms with Gasteiger partial charge in [0.1, 0.15) is 5.75 Å². The van der Waals surface area contributed by atoms with Crippen LogP contribution < -0.4 is 9.64 Å². The van der Waals surface area contributed by atoms with E-state index in [1.165, 1.54) is 44.6 Å². The van der Waals surface area contributed by atoms with Gasteiger partial charge >= 0.3 is 0 Å². The maximum absolute atomic E-state index is 5.30. The minimum absolute atomic E-state index is 0.947. The second-order valence-corrected chi connectivity index (χ2v) is 5.24. The minimum Gasteiger partial charge on any atom is -0.497 e. The molecule has 0 saturated carbocycles. The monoisotopic (exact) mass is 262 g/mol. The van der Waals surface area contributed by atoms with E-state index in [2.05, 4.69) is 34.9 Å². The molecule has 0 atom stereocenters.